The van der Waals surface area contributed by atoms with Crippen LogP contribution in [0.4, 0.5) is 4.39 Å². The molecule has 0 saturated heterocycles. The average molecular weight is 242 g/mol. The molecule has 0 heterocycles. The number of hydrogen-bond donors (Lipinski definition) is 1. The van der Waals surface area contributed by atoms with Gasteiger partial charge >= 0.3 is 0 Å². The zero-order valence-electron chi connectivity index (χ0n) is 8.80. The molecule has 0 aliphatic heterocycles. The van der Waals surface area contributed by atoms with Gasteiger partial charge < -0.3 is 10.5 Å². The Bertz CT molecular complexity index is 441. The first-order valence-corrected chi connectivity index (χ1v) is 5.91. The highest BCUT2D eigenvalue weighted by Gasteiger charge is 2.43. The standard InChI is InChI=1S/C12H13ClFNO/c13-10-6-7(14)5-9(12(15)3-4-12)11(10)16-8-1-2-8/h5-6,8H,1-4,15H2. The van der Waals surface area contributed by atoms with Gasteiger partial charge in [-0.1, -0.05) is 11.6 Å². The van der Waals surface area contributed by atoms with Crippen LogP contribution in [0.1, 0.15) is 31.2 Å². The second-order valence-corrected chi connectivity index (χ2v) is 5.14. The summed E-state index contributed by atoms with van der Waals surface area (Å²) in [6, 6.07) is 2.74. The highest BCUT2D eigenvalue weighted by atomic mass is 35.5. The topological polar surface area (TPSA) is 35.2 Å². The lowest BCUT2D eigenvalue weighted by atomic mass is 10.0. The van der Waals surface area contributed by atoms with Crippen molar-refractivity contribution in [2.75, 3.05) is 0 Å². The molecule has 0 radical (unpaired) electrons. The Labute approximate surface area is 98.5 Å². The molecule has 0 unspecified atom stereocenters. The highest BCUT2D eigenvalue weighted by Crippen LogP contribution is 2.49. The molecule has 0 aromatic heterocycles. The van der Waals surface area contributed by atoms with Gasteiger partial charge in [-0.3, -0.25) is 0 Å². The minimum Gasteiger partial charge on any atom is -0.489 e. The molecule has 3 rings (SSSR count). The van der Waals surface area contributed by atoms with Gasteiger partial charge in [0.25, 0.3) is 0 Å². The summed E-state index contributed by atoms with van der Waals surface area (Å²) in [6.45, 7) is 0. The first-order chi connectivity index (χ1) is 7.58. The maximum atomic E-state index is 13.3. The summed E-state index contributed by atoms with van der Waals surface area (Å²) >= 11 is 6.02. The van der Waals surface area contributed by atoms with Gasteiger partial charge in [0.2, 0.25) is 0 Å². The van der Waals surface area contributed by atoms with E-state index in [1.807, 2.05) is 0 Å². The number of hydrogen-bond acceptors (Lipinski definition) is 2. The molecule has 2 aliphatic rings. The van der Waals surface area contributed by atoms with E-state index < -0.39 is 5.54 Å². The van der Waals surface area contributed by atoms with Crippen molar-refractivity contribution in [3.8, 4) is 5.75 Å². The van der Waals surface area contributed by atoms with Crippen molar-refractivity contribution in [2.45, 2.75) is 37.3 Å². The molecule has 2 nitrogen and oxygen atoms in total. The molecule has 2 N–H and O–H groups in total. The summed E-state index contributed by atoms with van der Waals surface area (Å²) in [7, 11) is 0. The molecule has 16 heavy (non-hydrogen) atoms. The van der Waals surface area contributed by atoms with Crippen LogP contribution < -0.4 is 10.5 Å². The molecule has 0 amide bonds. The van der Waals surface area contributed by atoms with E-state index in [4.69, 9.17) is 22.1 Å². The molecular formula is C12H13ClFNO. The maximum absolute atomic E-state index is 13.3. The summed E-state index contributed by atoms with van der Waals surface area (Å²) < 4.78 is 19.1. The molecule has 2 aliphatic carbocycles. The predicted octanol–water partition coefficient (Wildman–Crippen LogP) is 2.97. The Hall–Kier alpha value is -0.800. The van der Waals surface area contributed by atoms with Crippen molar-refractivity contribution >= 4 is 11.6 Å². The van der Waals surface area contributed by atoms with E-state index in [0.29, 0.717) is 10.8 Å². The van der Waals surface area contributed by atoms with Crippen molar-refractivity contribution < 1.29 is 9.13 Å². The van der Waals surface area contributed by atoms with Gasteiger partial charge in [0.05, 0.1) is 11.1 Å². The smallest absolute Gasteiger partial charge is 0.143 e. The zero-order chi connectivity index (χ0) is 11.3. The summed E-state index contributed by atoms with van der Waals surface area (Å²) in [5, 5.41) is 0.332. The SMILES string of the molecule is NC1(c2cc(F)cc(Cl)c2OC2CC2)CC1. The molecule has 0 spiro atoms. The Kier molecular flexibility index (Phi) is 2.17. The van der Waals surface area contributed by atoms with Crippen molar-refractivity contribution in [2.24, 2.45) is 5.73 Å². The quantitative estimate of drug-likeness (QED) is 0.883. The summed E-state index contributed by atoms with van der Waals surface area (Å²) in [5.74, 6) is 0.241. The predicted molar refractivity (Wildman–Crippen MR) is 60.2 cm³/mol. The van der Waals surface area contributed by atoms with Crippen LogP contribution >= 0.6 is 11.6 Å². The molecule has 4 heteroatoms. The average Bonchev–Trinajstić information content (AvgIpc) is 3.08. The van der Waals surface area contributed by atoms with Crippen LogP contribution in [0.5, 0.6) is 5.75 Å². The van der Waals surface area contributed by atoms with E-state index in [-0.39, 0.29) is 11.9 Å². The van der Waals surface area contributed by atoms with Crippen molar-refractivity contribution in [3.63, 3.8) is 0 Å². The minimum atomic E-state index is -0.421. The lowest BCUT2D eigenvalue weighted by Crippen LogP contribution is -2.20. The van der Waals surface area contributed by atoms with Gasteiger partial charge in [-0.25, -0.2) is 4.39 Å². The molecule has 1 aromatic rings. The molecule has 0 bridgehead atoms. The van der Waals surface area contributed by atoms with Gasteiger partial charge in [0.1, 0.15) is 11.6 Å². The third kappa shape index (κ3) is 1.78. The minimum absolute atomic E-state index is 0.240. The van der Waals surface area contributed by atoms with Crippen LogP contribution in [0.3, 0.4) is 0 Å². The van der Waals surface area contributed by atoms with Gasteiger partial charge in [0, 0.05) is 11.1 Å². The van der Waals surface area contributed by atoms with Crippen molar-refractivity contribution in [1.82, 2.24) is 0 Å². The van der Waals surface area contributed by atoms with Crippen LogP contribution in [-0.4, -0.2) is 6.10 Å². The third-order valence-corrected chi connectivity index (χ3v) is 3.42. The molecule has 86 valence electrons. The van der Waals surface area contributed by atoms with Crippen LogP contribution in [0, 0.1) is 5.82 Å². The number of nitrogens with two attached hydrogens (primary N) is 1. The summed E-state index contributed by atoms with van der Waals surface area (Å²) in [5.41, 5.74) is 6.40. The Morgan fingerprint density at radius 2 is 2.06 bits per heavy atom. The molecular weight excluding hydrogens is 229 g/mol. The molecule has 2 saturated carbocycles. The van der Waals surface area contributed by atoms with Crippen LogP contribution in [0.15, 0.2) is 12.1 Å². The second-order valence-electron chi connectivity index (χ2n) is 4.74. The molecule has 2 fully saturated rings. The van der Waals surface area contributed by atoms with Gasteiger partial charge in [-0.05, 0) is 37.8 Å². The van der Waals surface area contributed by atoms with Gasteiger partial charge in [-0.2, -0.15) is 0 Å². The number of ether oxygens (including phenoxy) is 1. The van der Waals surface area contributed by atoms with Crippen molar-refractivity contribution in [3.05, 3.63) is 28.5 Å². The van der Waals surface area contributed by atoms with Gasteiger partial charge in [0.15, 0.2) is 0 Å². The van der Waals surface area contributed by atoms with E-state index >= 15 is 0 Å². The first-order valence-electron chi connectivity index (χ1n) is 5.53. The highest BCUT2D eigenvalue weighted by molar-refractivity contribution is 6.32. The molecule has 0 atom stereocenters. The van der Waals surface area contributed by atoms with E-state index in [1.54, 1.807) is 0 Å². The fourth-order valence-electron chi connectivity index (χ4n) is 1.81. The van der Waals surface area contributed by atoms with Crippen LogP contribution in [0.25, 0.3) is 0 Å². The summed E-state index contributed by atoms with van der Waals surface area (Å²) in [6.07, 6.45) is 4.07. The van der Waals surface area contributed by atoms with E-state index in [2.05, 4.69) is 0 Å². The Morgan fingerprint density at radius 3 is 2.62 bits per heavy atom. The third-order valence-electron chi connectivity index (χ3n) is 3.14. The van der Waals surface area contributed by atoms with Crippen LogP contribution in [0.2, 0.25) is 5.02 Å². The first kappa shape index (κ1) is 10.4. The fraction of sp³-hybridized carbons (Fsp3) is 0.500. The number of halogens is 2. The Morgan fingerprint density at radius 1 is 1.38 bits per heavy atom. The lowest BCUT2D eigenvalue weighted by molar-refractivity contribution is 0.297. The van der Waals surface area contributed by atoms with E-state index in [0.717, 1.165) is 31.2 Å². The second kappa shape index (κ2) is 3.34. The van der Waals surface area contributed by atoms with Gasteiger partial charge in [-0.15, -0.1) is 0 Å². The monoisotopic (exact) mass is 241 g/mol. The number of rotatable bonds is 3. The maximum Gasteiger partial charge on any atom is 0.143 e. The fourth-order valence-corrected chi connectivity index (χ4v) is 2.06. The molecule has 1 aromatic carbocycles. The summed E-state index contributed by atoms with van der Waals surface area (Å²) in [4.78, 5) is 0. The number of benzene rings is 1. The Balaban J connectivity index is 2.04. The van der Waals surface area contributed by atoms with E-state index in [1.165, 1.54) is 12.1 Å². The van der Waals surface area contributed by atoms with Crippen LogP contribution in [-0.2, 0) is 5.54 Å². The lowest BCUT2D eigenvalue weighted by Gasteiger charge is -2.17. The van der Waals surface area contributed by atoms with Crippen molar-refractivity contribution in [1.29, 1.82) is 0 Å². The normalized spacial score (nSPS) is 21.9. The van der Waals surface area contributed by atoms with E-state index in [9.17, 15) is 4.39 Å². The largest absolute Gasteiger partial charge is 0.489 e. The zero-order valence-corrected chi connectivity index (χ0v) is 9.56.